The van der Waals surface area contributed by atoms with Crippen molar-refractivity contribution in [1.82, 2.24) is 0 Å². The molecule has 1 aliphatic rings. The van der Waals surface area contributed by atoms with Crippen molar-refractivity contribution in [2.45, 2.75) is 12.8 Å². The van der Waals surface area contributed by atoms with Crippen LogP contribution in [-0.4, -0.2) is 30.6 Å². The van der Waals surface area contributed by atoms with Crippen LogP contribution in [0.5, 0.6) is 0 Å². The number of carboxylic acid groups (broad SMARTS) is 1. The second kappa shape index (κ2) is 4.64. The van der Waals surface area contributed by atoms with Gasteiger partial charge in [0.2, 0.25) is 0 Å². The lowest BCUT2D eigenvalue weighted by atomic mass is 9.95. The van der Waals surface area contributed by atoms with Gasteiger partial charge >= 0.3 is 6.16 Å². The molecule has 0 radical (unpaired) electrons. The van der Waals surface area contributed by atoms with E-state index in [1.807, 2.05) is 12.2 Å². The van der Waals surface area contributed by atoms with Gasteiger partial charge in [0.25, 0.3) is 0 Å². The fourth-order valence-electron chi connectivity index (χ4n) is 1.26. The second-order valence-electron chi connectivity index (χ2n) is 2.95. The maximum Gasteiger partial charge on any atom is 0.505 e. The molecule has 0 heterocycles. The molecule has 1 atom stereocenters. The maximum atomic E-state index is 10.1. The van der Waals surface area contributed by atoms with Crippen molar-refractivity contribution in [3.8, 4) is 0 Å². The zero-order chi connectivity index (χ0) is 9.68. The van der Waals surface area contributed by atoms with Crippen LogP contribution < -0.4 is 0 Å². The van der Waals surface area contributed by atoms with Crippen molar-refractivity contribution in [2.24, 2.45) is 10.9 Å². The summed E-state index contributed by atoms with van der Waals surface area (Å²) in [5.74, 6) is 0.210. The Morgan fingerprint density at radius 2 is 2.62 bits per heavy atom. The summed E-state index contributed by atoms with van der Waals surface area (Å²) in [4.78, 5) is 14.1. The van der Waals surface area contributed by atoms with Gasteiger partial charge < -0.3 is 9.84 Å². The summed E-state index contributed by atoms with van der Waals surface area (Å²) in [6, 6.07) is 0. The first-order valence-electron chi connectivity index (χ1n) is 4.22. The van der Waals surface area contributed by atoms with Gasteiger partial charge in [0.05, 0.1) is 0 Å². The van der Waals surface area contributed by atoms with E-state index in [1.54, 1.807) is 7.05 Å². The lowest BCUT2D eigenvalue weighted by molar-refractivity contribution is 0.0817. The molecule has 0 fully saturated rings. The van der Waals surface area contributed by atoms with Crippen molar-refractivity contribution >= 4 is 11.9 Å². The molecule has 0 saturated heterocycles. The Morgan fingerprint density at radius 1 is 1.85 bits per heavy atom. The predicted molar refractivity (Wildman–Crippen MR) is 49.2 cm³/mol. The SMILES string of the molecule is CN=C1C=CC(COC(=O)O)CC1. The Bertz CT molecular complexity index is 245. The first-order valence-corrected chi connectivity index (χ1v) is 4.22. The number of carbonyl (C=O) groups is 1. The fraction of sp³-hybridized carbons (Fsp3) is 0.556. The van der Waals surface area contributed by atoms with Gasteiger partial charge in [-0.2, -0.15) is 0 Å². The van der Waals surface area contributed by atoms with Crippen LogP contribution in [0.15, 0.2) is 17.1 Å². The third-order valence-corrected chi connectivity index (χ3v) is 2.04. The Labute approximate surface area is 76.9 Å². The number of hydrogen-bond acceptors (Lipinski definition) is 3. The Morgan fingerprint density at radius 3 is 3.08 bits per heavy atom. The zero-order valence-electron chi connectivity index (χ0n) is 7.56. The molecular formula is C9H13NO3. The van der Waals surface area contributed by atoms with Crippen molar-refractivity contribution < 1.29 is 14.6 Å². The molecule has 1 rings (SSSR count). The third-order valence-electron chi connectivity index (χ3n) is 2.04. The molecule has 0 spiro atoms. The standard InChI is InChI=1S/C9H13NO3/c1-10-8-4-2-7(3-5-8)6-13-9(11)12/h2,4,7H,3,5-6H2,1H3,(H,11,12). The lowest BCUT2D eigenvalue weighted by Gasteiger charge is -2.15. The Balaban J connectivity index is 2.35. The molecule has 1 N–H and O–H groups in total. The maximum absolute atomic E-state index is 10.1. The Hall–Kier alpha value is -1.32. The third kappa shape index (κ3) is 3.27. The number of aliphatic imine (C=N–C) groups is 1. The molecule has 4 heteroatoms. The largest absolute Gasteiger partial charge is 0.505 e. The van der Waals surface area contributed by atoms with Gasteiger partial charge in [0, 0.05) is 18.7 Å². The molecule has 0 amide bonds. The summed E-state index contributed by atoms with van der Waals surface area (Å²) >= 11 is 0. The van der Waals surface area contributed by atoms with E-state index in [9.17, 15) is 4.79 Å². The average Bonchev–Trinajstić information content (AvgIpc) is 2.15. The quantitative estimate of drug-likeness (QED) is 0.663. The van der Waals surface area contributed by atoms with Crippen molar-refractivity contribution in [3.63, 3.8) is 0 Å². The van der Waals surface area contributed by atoms with Gasteiger partial charge in [0.15, 0.2) is 0 Å². The van der Waals surface area contributed by atoms with Gasteiger partial charge in [0.1, 0.15) is 6.61 Å². The van der Waals surface area contributed by atoms with Crippen molar-refractivity contribution in [1.29, 1.82) is 0 Å². The topological polar surface area (TPSA) is 58.9 Å². The molecule has 4 nitrogen and oxygen atoms in total. The van der Waals surface area contributed by atoms with Crippen molar-refractivity contribution in [2.75, 3.05) is 13.7 Å². The summed E-state index contributed by atoms with van der Waals surface area (Å²) < 4.78 is 4.48. The van der Waals surface area contributed by atoms with Gasteiger partial charge in [-0.25, -0.2) is 4.79 Å². The number of nitrogens with zero attached hydrogens (tertiary/aromatic N) is 1. The summed E-state index contributed by atoms with van der Waals surface area (Å²) in [5.41, 5.74) is 1.06. The van der Waals surface area contributed by atoms with Crippen LogP contribution in [0.2, 0.25) is 0 Å². The zero-order valence-corrected chi connectivity index (χ0v) is 7.56. The first kappa shape index (κ1) is 9.77. The fourth-order valence-corrected chi connectivity index (χ4v) is 1.26. The van der Waals surface area contributed by atoms with E-state index < -0.39 is 6.16 Å². The molecule has 1 unspecified atom stereocenters. The van der Waals surface area contributed by atoms with Crippen LogP contribution in [0.4, 0.5) is 4.79 Å². The molecule has 72 valence electrons. The van der Waals surface area contributed by atoms with E-state index in [1.165, 1.54) is 0 Å². The minimum absolute atomic E-state index is 0.210. The minimum atomic E-state index is -1.21. The Kier molecular flexibility index (Phi) is 3.49. The van der Waals surface area contributed by atoms with Gasteiger partial charge in [-0.3, -0.25) is 4.99 Å². The van der Waals surface area contributed by atoms with Crippen LogP contribution >= 0.6 is 0 Å². The molecule has 0 saturated carbocycles. The smallest absolute Gasteiger partial charge is 0.450 e. The highest BCUT2D eigenvalue weighted by Gasteiger charge is 2.13. The van der Waals surface area contributed by atoms with E-state index in [2.05, 4.69) is 9.73 Å². The van der Waals surface area contributed by atoms with Gasteiger partial charge in [-0.05, 0) is 18.9 Å². The monoisotopic (exact) mass is 183 g/mol. The summed E-state index contributed by atoms with van der Waals surface area (Å²) in [6.07, 6.45) is 4.49. The normalized spacial score (nSPS) is 24.7. The van der Waals surface area contributed by atoms with Crippen molar-refractivity contribution in [3.05, 3.63) is 12.2 Å². The van der Waals surface area contributed by atoms with Crippen LogP contribution in [0.25, 0.3) is 0 Å². The molecule has 0 aromatic rings. The highest BCUT2D eigenvalue weighted by atomic mass is 16.7. The molecule has 0 bridgehead atoms. The molecule has 0 aromatic carbocycles. The van der Waals surface area contributed by atoms with Crippen LogP contribution in [0.1, 0.15) is 12.8 Å². The summed E-state index contributed by atoms with van der Waals surface area (Å²) in [5, 5.41) is 8.27. The van der Waals surface area contributed by atoms with E-state index >= 15 is 0 Å². The van der Waals surface area contributed by atoms with Gasteiger partial charge in [-0.1, -0.05) is 6.08 Å². The molecule has 1 aliphatic carbocycles. The highest BCUT2D eigenvalue weighted by Crippen LogP contribution is 2.15. The average molecular weight is 183 g/mol. The predicted octanol–water partition coefficient (Wildman–Crippen LogP) is 1.72. The molecule has 0 aromatic heterocycles. The van der Waals surface area contributed by atoms with E-state index in [4.69, 9.17) is 5.11 Å². The summed E-state index contributed by atoms with van der Waals surface area (Å²) in [7, 11) is 1.76. The highest BCUT2D eigenvalue weighted by molar-refractivity contribution is 5.95. The number of hydrogen-bond donors (Lipinski definition) is 1. The minimum Gasteiger partial charge on any atom is -0.450 e. The van der Waals surface area contributed by atoms with E-state index in [0.717, 1.165) is 18.6 Å². The summed E-state index contributed by atoms with van der Waals surface area (Å²) in [6.45, 7) is 0.253. The molecule has 13 heavy (non-hydrogen) atoms. The molecule has 0 aliphatic heterocycles. The van der Waals surface area contributed by atoms with Gasteiger partial charge in [-0.15, -0.1) is 0 Å². The van der Waals surface area contributed by atoms with Crippen LogP contribution in [-0.2, 0) is 4.74 Å². The van der Waals surface area contributed by atoms with E-state index in [0.29, 0.717) is 0 Å². The van der Waals surface area contributed by atoms with Crippen LogP contribution in [0, 0.1) is 5.92 Å². The van der Waals surface area contributed by atoms with Crippen LogP contribution in [0.3, 0.4) is 0 Å². The van der Waals surface area contributed by atoms with E-state index in [-0.39, 0.29) is 12.5 Å². The number of ether oxygens (including phenoxy) is 1. The second-order valence-corrected chi connectivity index (χ2v) is 2.95. The lowest BCUT2D eigenvalue weighted by Crippen LogP contribution is -2.15. The number of rotatable bonds is 2. The number of allylic oxidation sites excluding steroid dienone is 1. The molecular weight excluding hydrogens is 170 g/mol. The first-order chi connectivity index (χ1) is 6.22.